The van der Waals surface area contributed by atoms with E-state index in [0.29, 0.717) is 17.0 Å². The summed E-state index contributed by atoms with van der Waals surface area (Å²) in [5.41, 5.74) is 6.26. The molecule has 0 unspecified atom stereocenters. The molecule has 5 heteroatoms. The third kappa shape index (κ3) is 4.67. The molecule has 0 spiro atoms. The van der Waals surface area contributed by atoms with Gasteiger partial charge in [-0.25, -0.2) is 0 Å². The second-order valence-corrected chi connectivity index (χ2v) is 7.69. The van der Waals surface area contributed by atoms with Crippen LogP contribution in [0.2, 0.25) is 0 Å². The number of nitrogens with zero attached hydrogens (tertiary/aromatic N) is 1. The third-order valence-corrected chi connectivity index (χ3v) is 5.77. The monoisotopic (exact) mass is 370 g/mol. The lowest BCUT2D eigenvalue weighted by atomic mass is 10.0. The van der Waals surface area contributed by atoms with Crippen molar-refractivity contribution >= 4 is 29.3 Å². The van der Waals surface area contributed by atoms with Crippen LogP contribution in [-0.4, -0.2) is 36.6 Å². The van der Waals surface area contributed by atoms with Crippen molar-refractivity contribution in [3.8, 4) is 0 Å². The second-order valence-electron chi connectivity index (χ2n) is 6.70. The van der Waals surface area contributed by atoms with Gasteiger partial charge in [-0.1, -0.05) is 6.07 Å². The second kappa shape index (κ2) is 8.41. The van der Waals surface area contributed by atoms with E-state index in [1.54, 1.807) is 50.1 Å². The van der Waals surface area contributed by atoms with Crippen LogP contribution >= 0.6 is 11.8 Å². The van der Waals surface area contributed by atoms with Gasteiger partial charge in [0.1, 0.15) is 0 Å². The molecule has 0 aliphatic rings. The molecule has 0 bridgehead atoms. The number of anilines is 1. The number of thioether (sulfide) groups is 1. The topological polar surface area (TPSA) is 49.4 Å². The molecule has 2 rings (SSSR count). The van der Waals surface area contributed by atoms with Crippen LogP contribution in [0.3, 0.4) is 0 Å². The Morgan fingerprint density at radius 2 is 1.50 bits per heavy atom. The van der Waals surface area contributed by atoms with Gasteiger partial charge in [0.05, 0.1) is 5.75 Å². The van der Waals surface area contributed by atoms with Crippen LogP contribution in [0.1, 0.15) is 32.6 Å². The summed E-state index contributed by atoms with van der Waals surface area (Å²) < 4.78 is 0. The Bertz CT molecular complexity index is 801. The van der Waals surface area contributed by atoms with Crippen molar-refractivity contribution in [1.29, 1.82) is 0 Å². The summed E-state index contributed by atoms with van der Waals surface area (Å²) in [6.07, 6.45) is 0. The number of amides is 2. The quantitative estimate of drug-likeness (QED) is 0.796. The molecule has 0 saturated heterocycles. The van der Waals surface area contributed by atoms with Crippen LogP contribution in [0.15, 0.2) is 35.2 Å². The molecule has 0 saturated carbocycles. The number of hydrogen-bond acceptors (Lipinski definition) is 3. The SMILES string of the molecule is Cc1cc(C)c(C)c(SCC(=O)Nc2ccc(C(=O)N(C)C)cc2)c1C. The fraction of sp³-hybridized carbons (Fsp3) is 0.333. The molecule has 0 aliphatic carbocycles. The number of nitrogens with one attached hydrogen (secondary N) is 1. The Hall–Kier alpha value is -2.27. The molecule has 0 fully saturated rings. The predicted molar refractivity (Wildman–Crippen MR) is 109 cm³/mol. The first-order valence-electron chi connectivity index (χ1n) is 8.52. The summed E-state index contributed by atoms with van der Waals surface area (Å²) in [7, 11) is 3.43. The Morgan fingerprint density at radius 3 is 2.00 bits per heavy atom. The Balaban J connectivity index is 2.01. The number of hydrogen-bond donors (Lipinski definition) is 1. The number of carbonyl (C=O) groups excluding carboxylic acids is 2. The van der Waals surface area contributed by atoms with E-state index in [-0.39, 0.29) is 11.8 Å². The van der Waals surface area contributed by atoms with Crippen LogP contribution in [0.5, 0.6) is 0 Å². The highest BCUT2D eigenvalue weighted by molar-refractivity contribution is 8.00. The van der Waals surface area contributed by atoms with Crippen molar-refractivity contribution in [2.45, 2.75) is 32.6 Å². The van der Waals surface area contributed by atoms with Gasteiger partial charge < -0.3 is 10.2 Å². The molecule has 4 nitrogen and oxygen atoms in total. The van der Waals surface area contributed by atoms with Gasteiger partial charge in [0.25, 0.3) is 5.91 Å². The van der Waals surface area contributed by atoms with E-state index in [1.165, 1.54) is 32.0 Å². The van der Waals surface area contributed by atoms with Gasteiger partial charge in [-0.2, -0.15) is 0 Å². The normalized spacial score (nSPS) is 10.5. The summed E-state index contributed by atoms with van der Waals surface area (Å²) in [5, 5.41) is 2.89. The van der Waals surface area contributed by atoms with Gasteiger partial charge in [-0.3, -0.25) is 9.59 Å². The molecule has 1 N–H and O–H groups in total. The van der Waals surface area contributed by atoms with Crippen molar-refractivity contribution in [2.24, 2.45) is 0 Å². The number of carbonyl (C=O) groups is 2. The summed E-state index contributed by atoms with van der Waals surface area (Å²) in [4.78, 5) is 26.9. The molecule has 26 heavy (non-hydrogen) atoms. The van der Waals surface area contributed by atoms with Gasteiger partial charge in [0, 0.05) is 30.2 Å². The predicted octanol–water partition coefficient (Wildman–Crippen LogP) is 4.35. The first-order chi connectivity index (χ1) is 12.2. The molecule has 0 aromatic heterocycles. The van der Waals surface area contributed by atoms with Crippen molar-refractivity contribution < 1.29 is 9.59 Å². The van der Waals surface area contributed by atoms with Crippen molar-refractivity contribution in [2.75, 3.05) is 25.2 Å². The van der Waals surface area contributed by atoms with E-state index >= 15 is 0 Å². The van der Waals surface area contributed by atoms with Crippen molar-refractivity contribution in [3.05, 3.63) is 58.1 Å². The fourth-order valence-corrected chi connectivity index (χ4v) is 3.79. The average molecular weight is 371 g/mol. The zero-order valence-electron chi connectivity index (χ0n) is 16.3. The van der Waals surface area contributed by atoms with Crippen LogP contribution in [0, 0.1) is 27.7 Å². The van der Waals surface area contributed by atoms with Crippen LogP contribution in [0.25, 0.3) is 0 Å². The average Bonchev–Trinajstić information content (AvgIpc) is 2.60. The minimum atomic E-state index is -0.0563. The smallest absolute Gasteiger partial charge is 0.253 e. The lowest BCUT2D eigenvalue weighted by Crippen LogP contribution is -2.21. The van der Waals surface area contributed by atoms with Crippen molar-refractivity contribution in [3.63, 3.8) is 0 Å². The molecular weight excluding hydrogens is 344 g/mol. The first kappa shape index (κ1) is 20.0. The van der Waals surface area contributed by atoms with E-state index in [0.717, 1.165) is 0 Å². The van der Waals surface area contributed by atoms with Gasteiger partial charge in [-0.15, -0.1) is 11.8 Å². The minimum absolute atomic E-state index is 0.0559. The van der Waals surface area contributed by atoms with Gasteiger partial charge in [0.2, 0.25) is 5.91 Å². The van der Waals surface area contributed by atoms with Gasteiger partial charge in [0.15, 0.2) is 0 Å². The highest BCUT2D eigenvalue weighted by Crippen LogP contribution is 2.30. The maximum atomic E-state index is 12.3. The number of benzene rings is 2. The number of rotatable bonds is 5. The molecule has 0 heterocycles. The molecular formula is C21H26N2O2S. The summed E-state index contributed by atoms with van der Waals surface area (Å²) >= 11 is 1.57. The number of aryl methyl sites for hydroxylation is 2. The first-order valence-corrected chi connectivity index (χ1v) is 9.51. The lowest BCUT2D eigenvalue weighted by Gasteiger charge is -2.15. The van der Waals surface area contributed by atoms with Crippen LogP contribution in [-0.2, 0) is 4.79 Å². The standard InChI is InChI=1S/C21H26N2O2S/c1-13-11-14(2)16(4)20(15(13)3)26-12-19(24)22-18-9-7-17(8-10-18)21(25)23(5)6/h7-11H,12H2,1-6H3,(H,22,24). The van der Waals surface area contributed by atoms with E-state index < -0.39 is 0 Å². The third-order valence-electron chi connectivity index (χ3n) is 4.47. The van der Waals surface area contributed by atoms with E-state index in [9.17, 15) is 9.59 Å². The molecule has 2 aromatic rings. The molecule has 0 atom stereocenters. The highest BCUT2D eigenvalue weighted by Gasteiger charge is 2.12. The fourth-order valence-electron chi connectivity index (χ4n) is 2.69. The Morgan fingerprint density at radius 1 is 0.962 bits per heavy atom. The summed E-state index contributed by atoms with van der Waals surface area (Å²) in [6.45, 7) is 8.40. The van der Waals surface area contributed by atoms with Crippen LogP contribution < -0.4 is 5.32 Å². The zero-order valence-corrected chi connectivity index (χ0v) is 17.1. The summed E-state index contributed by atoms with van der Waals surface area (Å²) in [6, 6.07) is 9.15. The molecule has 138 valence electrons. The molecule has 0 aliphatic heterocycles. The molecule has 2 amide bonds. The van der Waals surface area contributed by atoms with E-state index in [4.69, 9.17) is 0 Å². The van der Waals surface area contributed by atoms with E-state index in [1.807, 2.05) is 0 Å². The zero-order chi connectivity index (χ0) is 19.4. The highest BCUT2D eigenvalue weighted by atomic mass is 32.2. The Kier molecular flexibility index (Phi) is 6.48. The van der Waals surface area contributed by atoms with E-state index in [2.05, 4.69) is 39.1 Å². The molecule has 2 aromatic carbocycles. The summed E-state index contributed by atoms with van der Waals surface area (Å²) in [5.74, 6) is 0.238. The molecule has 0 radical (unpaired) electrons. The van der Waals surface area contributed by atoms with Gasteiger partial charge in [-0.05, 0) is 74.2 Å². The van der Waals surface area contributed by atoms with Gasteiger partial charge >= 0.3 is 0 Å². The lowest BCUT2D eigenvalue weighted by molar-refractivity contribution is -0.113. The largest absolute Gasteiger partial charge is 0.345 e. The maximum absolute atomic E-state index is 12.3. The maximum Gasteiger partial charge on any atom is 0.253 e. The van der Waals surface area contributed by atoms with Crippen LogP contribution in [0.4, 0.5) is 5.69 Å². The Labute approximate surface area is 160 Å². The minimum Gasteiger partial charge on any atom is -0.345 e. The van der Waals surface area contributed by atoms with Crippen molar-refractivity contribution in [1.82, 2.24) is 4.90 Å².